The summed E-state index contributed by atoms with van der Waals surface area (Å²) in [4.78, 5) is 39.7. The molecule has 3 aromatic rings. The molecule has 7 heteroatoms. The van der Waals surface area contributed by atoms with E-state index >= 15 is 0 Å². The van der Waals surface area contributed by atoms with E-state index < -0.39 is 18.2 Å². The Kier molecular flexibility index (Phi) is 7.34. The van der Waals surface area contributed by atoms with Crippen LogP contribution in [0.3, 0.4) is 0 Å². The summed E-state index contributed by atoms with van der Waals surface area (Å²) in [5.41, 5.74) is 2.97. The lowest BCUT2D eigenvalue weighted by molar-refractivity contribution is -0.139. The van der Waals surface area contributed by atoms with Crippen LogP contribution >= 0.6 is 0 Å². The Morgan fingerprint density at radius 3 is 2.37 bits per heavy atom. The third-order valence-corrected chi connectivity index (χ3v) is 6.44. The van der Waals surface area contributed by atoms with Crippen LogP contribution in [0.4, 0.5) is 10.5 Å². The molecule has 0 spiro atoms. The maximum absolute atomic E-state index is 13.2. The molecule has 7 nitrogen and oxygen atoms in total. The fraction of sp³-hybridized carbons (Fsp3) is 0.321. The molecule has 2 N–H and O–H groups in total. The van der Waals surface area contributed by atoms with E-state index in [0.717, 1.165) is 28.3 Å². The van der Waals surface area contributed by atoms with Crippen molar-refractivity contribution in [1.29, 1.82) is 0 Å². The topological polar surface area (TPSA) is 87.7 Å². The monoisotopic (exact) mass is 473 g/mol. The summed E-state index contributed by atoms with van der Waals surface area (Å²) >= 11 is 0. The number of hydrogen-bond acceptors (Lipinski definition) is 4. The van der Waals surface area contributed by atoms with Crippen LogP contribution in [0.15, 0.2) is 66.7 Å². The van der Waals surface area contributed by atoms with Gasteiger partial charge in [0, 0.05) is 12.2 Å². The molecule has 182 valence electrons. The molecule has 0 bridgehead atoms. The summed E-state index contributed by atoms with van der Waals surface area (Å²) in [5.74, 6) is -0.640. The number of methoxy groups -OCH3 is 1. The number of alkyl carbamates (subject to hydrolysis) is 1. The van der Waals surface area contributed by atoms with Crippen LogP contribution in [0.2, 0.25) is 0 Å². The molecule has 1 fully saturated rings. The van der Waals surface area contributed by atoms with Gasteiger partial charge in [0.05, 0.1) is 7.11 Å². The molecule has 2 atom stereocenters. The predicted octanol–water partition coefficient (Wildman–Crippen LogP) is 4.82. The SMILES string of the molecule is COC(=O)NC(C(=O)N1CCCC1C(=O)Nc1ccc2cc(-c3ccccc3)ccc2c1)C(C)C. The Hall–Kier alpha value is -3.87. The van der Waals surface area contributed by atoms with E-state index in [9.17, 15) is 14.4 Å². The van der Waals surface area contributed by atoms with Gasteiger partial charge in [-0.05, 0) is 58.9 Å². The Morgan fingerprint density at radius 2 is 1.66 bits per heavy atom. The number of likely N-dealkylation sites (tertiary alicyclic amines) is 1. The zero-order valence-corrected chi connectivity index (χ0v) is 20.3. The van der Waals surface area contributed by atoms with Gasteiger partial charge in [0.2, 0.25) is 11.8 Å². The van der Waals surface area contributed by atoms with Crippen molar-refractivity contribution in [3.05, 3.63) is 66.7 Å². The summed E-state index contributed by atoms with van der Waals surface area (Å²) in [6.45, 7) is 4.17. The van der Waals surface area contributed by atoms with Gasteiger partial charge >= 0.3 is 6.09 Å². The summed E-state index contributed by atoms with van der Waals surface area (Å²) in [6.07, 6.45) is 0.644. The lowest BCUT2D eigenvalue weighted by atomic mass is 10.0. The number of nitrogens with zero attached hydrogens (tertiary/aromatic N) is 1. The van der Waals surface area contributed by atoms with Crippen LogP contribution in [0.25, 0.3) is 21.9 Å². The maximum Gasteiger partial charge on any atom is 0.407 e. The van der Waals surface area contributed by atoms with Gasteiger partial charge in [-0.3, -0.25) is 9.59 Å². The molecule has 2 unspecified atom stereocenters. The molecule has 4 rings (SSSR count). The van der Waals surface area contributed by atoms with E-state index in [1.807, 2.05) is 56.3 Å². The largest absolute Gasteiger partial charge is 0.453 e. The molecule has 0 aliphatic carbocycles. The smallest absolute Gasteiger partial charge is 0.407 e. The summed E-state index contributed by atoms with van der Waals surface area (Å²) in [5, 5.41) is 7.68. The van der Waals surface area contributed by atoms with Gasteiger partial charge in [0.25, 0.3) is 0 Å². The Bertz CT molecular complexity index is 1230. The highest BCUT2D eigenvalue weighted by atomic mass is 16.5. The van der Waals surface area contributed by atoms with E-state index in [1.165, 1.54) is 7.11 Å². The normalized spacial score (nSPS) is 16.2. The second-order valence-corrected chi connectivity index (χ2v) is 9.18. The molecular formula is C28H31N3O4. The second kappa shape index (κ2) is 10.6. The molecule has 0 saturated carbocycles. The fourth-order valence-electron chi connectivity index (χ4n) is 4.54. The van der Waals surface area contributed by atoms with Crippen LogP contribution in [0, 0.1) is 5.92 Å². The summed E-state index contributed by atoms with van der Waals surface area (Å²) < 4.78 is 4.66. The van der Waals surface area contributed by atoms with Crippen molar-refractivity contribution in [2.45, 2.75) is 38.8 Å². The van der Waals surface area contributed by atoms with Crippen molar-refractivity contribution in [1.82, 2.24) is 10.2 Å². The molecule has 3 amide bonds. The van der Waals surface area contributed by atoms with Gasteiger partial charge < -0.3 is 20.3 Å². The Balaban J connectivity index is 1.48. The number of benzene rings is 3. The van der Waals surface area contributed by atoms with Gasteiger partial charge in [0.1, 0.15) is 12.1 Å². The second-order valence-electron chi connectivity index (χ2n) is 9.18. The first-order chi connectivity index (χ1) is 16.9. The average molecular weight is 474 g/mol. The van der Waals surface area contributed by atoms with Gasteiger partial charge in [-0.25, -0.2) is 4.79 Å². The Labute approximate surface area is 205 Å². The number of nitrogens with one attached hydrogen (secondary N) is 2. The van der Waals surface area contributed by atoms with Crippen molar-refractivity contribution in [3.63, 3.8) is 0 Å². The Morgan fingerprint density at radius 1 is 0.943 bits per heavy atom. The predicted molar refractivity (Wildman–Crippen MR) is 137 cm³/mol. The lowest BCUT2D eigenvalue weighted by Crippen LogP contribution is -2.54. The number of hydrogen-bond donors (Lipinski definition) is 2. The molecule has 1 saturated heterocycles. The first-order valence-corrected chi connectivity index (χ1v) is 11.9. The third kappa shape index (κ3) is 5.45. The van der Waals surface area contributed by atoms with Gasteiger partial charge in [-0.1, -0.05) is 62.4 Å². The highest BCUT2D eigenvalue weighted by Crippen LogP contribution is 2.27. The molecule has 3 aromatic carbocycles. The van der Waals surface area contributed by atoms with Crippen molar-refractivity contribution in [2.24, 2.45) is 5.92 Å². The van der Waals surface area contributed by atoms with E-state index in [2.05, 4.69) is 39.6 Å². The standard InChI is InChI=1S/C28H31N3O4/c1-18(2)25(30-28(34)35-3)27(33)31-15-7-10-24(31)26(32)29-23-14-13-21-16-20(11-12-22(21)17-23)19-8-5-4-6-9-19/h4-6,8-9,11-14,16-18,24-25H,7,10,15H2,1-3H3,(H,29,32)(H,30,34). The van der Waals surface area contributed by atoms with Crippen molar-refractivity contribution in [2.75, 3.05) is 19.0 Å². The van der Waals surface area contributed by atoms with Crippen molar-refractivity contribution < 1.29 is 19.1 Å². The number of carbonyl (C=O) groups is 3. The highest BCUT2D eigenvalue weighted by Gasteiger charge is 2.38. The molecule has 35 heavy (non-hydrogen) atoms. The zero-order chi connectivity index (χ0) is 24.9. The quantitative estimate of drug-likeness (QED) is 0.538. The lowest BCUT2D eigenvalue weighted by Gasteiger charge is -2.30. The van der Waals surface area contributed by atoms with E-state index in [4.69, 9.17) is 0 Å². The molecule has 1 aliphatic rings. The van der Waals surface area contributed by atoms with Gasteiger partial charge in [0.15, 0.2) is 0 Å². The molecular weight excluding hydrogens is 442 g/mol. The number of carbonyl (C=O) groups excluding carboxylic acids is 3. The molecule has 1 aliphatic heterocycles. The van der Waals surface area contributed by atoms with Gasteiger partial charge in [-0.2, -0.15) is 0 Å². The molecule has 0 aromatic heterocycles. The van der Waals surface area contributed by atoms with Crippen molar-refractivity contribution in [3.8, 4) is 11.1 Å². The van der Waals surface area contributed by atoms with E-state index in [0.29, 0.717) is 18.7 Å². The minimum absolute atomic E-state index is 0.146. The highest BCUT2D eigenvalue weighted by molar-refractivity contribution is 6.00. The minimum atomic E-state index is -0.754. The van der Waals surface area contributed by atoms with Crippen LogP contribution < -0.4 is 10.6 Å². The number of ether oxygens (including phenoxy) is 1. The maximum atomic E-state index is 13.2. The summed E-state index contributed by atoms with van der Waals surface area (Å²) in [6, 6.07) is 20.9. The number of rotatable bonds is 6. The van der Waals surface area contributed by atoms with Crippen LogP contribution in [0.5, 0.6) is 0 Å². The van der Waals surface area contributed by atoms with Crippen LogP contribution in [-0.2, 0) is 14.3 Å². The number of amides is 3. The van der Waals surface area contributed by atoms with Crippen molar-refractivity contribution >= 4 is 34.4 Å². The average Bonchev–Trinajstić information content (AvgIpc) is 3.37. The van der Waals surface area contributed by atoms with E-state index in [1.54, 1.807) is 4.90 Å². The molecule has 0 radical (unpaired) electrons. The first-order valence-electron chi connectivity index (χ1n) is 11.9. The fourth-order valence-corrected chi connectivity index (χ4v) is 4.54. The summed E-state index contributed by atoms with van der Waals surface area (Å²) in [7, 11) is 1.26. The molecule has 1 heterocycles. The zero-order valence-electron chi connectivity index (χ0n) is 20.3. The number of anilines is 1. The van der Waals surface area contributed by atoms with E-state index in [-0.39, 0.29) is 17.7 Å². The van der Waals surface area contributed by atoms with Gasteiger partial charge in [-0.15, -0.1) is 0 Å². The minimum Gasteiger partial charge on any atom is -0.453 e. The van der Waals surface area contributed by atoms with Crippen LogP contribution in [0.1, 0.15) is 26.7 Å². The first kappa shape index (κ1) is 24.3. The third-order valence-electron chi connectivity index (χ3n) is 6.44. The van der Waals surface area contributed by atoms with Crippen LogP contribution in [-0.4, -0.2) is 48.5 Å². The number of fused-ring (bicyclic) bond motifs is 1.